The van der Waals surface area contributed by atoms with Crippen molar-refractivity contribution in [3.63, 3.8) is 0 Å². The minimum absolute atomic E-state index is 0.0662. The number of amides is 3. The van der Waals surface area contributed by atoms with Gasteiger partial charge in [0, 0.05) is 17.8 Å². The molecule has 1 heterocycles. The Bertz CT molecular complexity index is 703. The van der Waals surface area contributed by atoms with Crippen molar-refractivity contribution in [3.8, 4) is 0 Å². The molecule has 1 saturated heterocycles. The average Bonchev–Trinajstić information content (AvgIpc) is 3.04. The number of carbonyl (C=O) groups is 3. The number of rotatable bonds is 7. The Labute approximate surface area is 146 Å². The van der Waals surface area contributed by atoms with E-state index in [-0.39, 0.29) is 24.1 Å². The van der Waals surface area contributed by atoms with Crippen LogP contribution in [0.25, 0.3) is 0 Å². The Morgan fingerprint density at radius 2 is 1.96 bits per heavy atom. The number of likely N-dealkylation sites (tertiary alicyclic amines) is 1. The largest absolute Gasteiger partial charge is 0.376 e. The molecule has 1 aliphatic heterocycles. The molecule has 2 rings (SSSR count). The molecule has 0 aliphatic carbocycles. The summed E-state index contributed by atoms with van der Waals surface area (Å²) < 4.78 is 0. The van der Waals surface area contributed by atoms with Gasteiger partial charge in [0.15, 0.2) is 0 Å². The van der Waals surface area contributed by atoms with Crippen LogP contribution in [0.15, 0.2) is 24.3 Å². The molecule has 2 unspecified atom stereocenters. The molecule has 8 nitrogen and oxygen atoms in total. The Morgan fingerprint density at radius 1 is 1.28 bits per heavy atom. The number of hydrogen-bond donors (Lipinski definition) is 4. The van der Waals surface area contributed by atoms with Crippen LogP contribution in [0.4, 0.5) is 5.69 Å². The molecule has 0 spiro atoms. The van der Waals surface area contributed by atoms with Gasteiger partial charge in [-0.05, 0) is 18.4 Å². The van der Waals surface area contributed by atoms with Crippen LogP contribution in [0, 0.1) is 11.3 Å². The summed E-state index contributed by atoms with van der Waals surface area (Å²) in [5.74, 6) is -1.34. The van der Waals surface area contributed by atoms with Crippen molar-refractivity contribution in [2.45, 2.75) is 25.8 Å². The molecule has 1 aromatic rings. The number of anilines is 1. The minimum atomic E-state index is -0.848. The van der Waals surface area contributed by atoms with Gasteiger partial charge in [-0.15, -0.1) is 0 Å². The molecule has 0 saturated carbocycles. The molecular weight excluding hydrogens is 322 g/mol. The third-order valence-corrected chi connectivity index (χ3v) is 4.49. The van der Waals surface area contributed by atoms with Crippen LogP contribution in [0.5, 0.6) is 0 Å². The molecule has 0 aromatic heterocycles. The SMILES string of the molecule is CCC1CC(C(N)=O)N(C(=O)CNc2ccccc2C(=N)C(N)=O)C1. The van der Waals surface area contributed by atoms with Crippen molar-refractivity contribution in [1.82, 2.24) is 4.90 Å². The molecule has 2 atom stereocenters. The van der Waals surface area contributed by atoms with E-state index in [4.69, 9.17) is 16.9 Å². The number of nitrogens with two attached hydrogens (primary N) is 2. The summed E-state index contributed by atoms with van der Waals surface area (Å²) in [7, 11) is 0. The van der Waals surface area contributed by atoms with Crippen LogP contribution >= 0.6 is 0 Å². The number of hydrogen-bond acceptors (Lipinski definition) is 5. The quantitative estimate of drug-likeness (QED) is 0.518. The lowest BCUT2D eigenvalue weighted by Gasteiger charge is -2.23. The van der Waals surface area contributed by atoms with Crippen LogP contribution in [0.3, 0.4) is 0 Å². The summed E-state index contributed by atoms with van der Waals surface area (Å²) in [5.41, 5.74) is 11.0. The second-order valence-corrected chi connectivity index (χ2v) is 6.11. The number of para-hydroxylation sites is 1. The first-order chi connectivity index (χ1) is 11.8. The smallest absolute Gasteiger partial charge is 0.267 e. The maximum atomic E-state index is 12.5. The zero-order chi connectivity index (χ0) is 18.6. The zero-order valence-electron chi connectivity index (χ0n) is 14.1. The van der Waals surface area contributed by atoms with Gasteiger partial charge in [-0.2, -0.15) is 0 Å². The highest BCUT2D eigenvalue weighted by molar-refractivity contribution is 6.44. The highest BCUT2D eigenvalue weighted by Crippen LogP contribution is 2.25. The van der Waals surface area contributed by atoms with Crippen molar-refractivity contribution < 1.29 is 14.4 Å². The van der Waals surface area contributed by atoms with Crippen LogP contribution in [0.1, 0.15) is 25.3 Å². The van der Waals surface area contributed by atoms with E-state index in [0.717, 1.165) is 6.42 Å². The van der Waals surface area contributed by atoms with Gasteiger partial charge in [-0.1, -0.05) is 31.5 Å². The second kappa shape index (κ2) is 7.78. The van der Waals surface area contributed by atoms with Crippen molar-refractivity contribution in [1.29, 1.82) is 5.41 Å². The fraction of sp³-hybridized carbons (Fsp3) is 0.412. The lowest BCUT2D eigenvalue weighted by atomic mass is 10.0. The number of carbonyl (C=O) groups excluding carboxylic acids is 3. The molecule has 134 valence electrons. The fourth-order valence-electron chi connectivity index (χ4n) is 3.02. The van der Waals surface area contributed by atoms with Crippen molar-refractivity contribution in [2.75, 3.05) is 18.4 Å². The van der Waals surface area contributed by atoms with Gasteiger partial charge in [-0.3, -0.25) is 19.8 Å². The standard InChI is InChI=1S/C17H23N5O3/c1-2-10-7-13(16(19)24)22(9-10)14(23)8-21-12-6-4-3-5-11(12)15(18)17(20)25/h3-6,10,13,18,21H,2,7-9H2,1H3,(H2,19,24)(H2,20,25). The van der Waals surface area contributed by atoms with Gasteiger partial charge in [0.05, 0.1) is 6.54 Å². The summed E-state index contributed by atoms with van der Waals surface area (Å²) in [6.07, 6.45) is 1.46. The van der Waals surface area contributed by atoms with E-state index in [1.54, 1.807) is 24.3 Å². The molecular formula is C17H23N5O3. The number of primary amides is 2. The lowest BCUT2D eigenvalue weighted by Crippen LogP contribution is -2.45. The average molecular weight is 345 g/mol. The van der Waals surface area contributed by atoms with Gasteiger partial charge in [-0.25, -0.2) is 0 Å². The fourth-order valence-corrected chi connectivity index (χ4v) is 3.02. The van der Waals surface area contributed by atoms with Crippen molar-refractivity contribution >= 4 is 29.1 Å². The zero-order valence-corrected chi connectivity index (χ0v) is 14.1. The number of nitrogens with zero attached hydrogens (tertiary/aromatic N) is 1. The van der Waals surface area contributed by atoms with E-state index in [9.17, 15) is 14.4 Å². The summed E-state index contributed by atoms with van der Waals surface area (Å²) in [5, 5.41) is 10.7. The van der Waals surface area contributed by atoms with Crippen LogP contribution < -0.4 is 16.8 Å². The Morgan fingerprint density at radius 3 is 2.56 bits per heavy atom. The monoisotopic (exact) mass is 345 g/mol. The van der Waals surface area contributed by atoms with Gasteiger partial charge >= 0.3 is 0 Å². The van der Waals surface area contributed by atoms with Crippen LogP contribution in [-0.4, -0.2) is 47.5 Å². The van der Waals surface area contributed by atoms with Gasteiger partial charge in [0.2, 0.25) is 11.8 Å². The Kier molecular flexibility index (Phi) is 5.74. The van der Waals surface area contributed by atoms with Crippen LogP contribution in [0.2, 0.25) is 0 Å². The highest BCUT2D eigenvalue weighted by Gasteiger charge is 2.37. The first-order valence-corrected chi connectivity index (χ1v) is 8.15. The summed E-state index contributed by atoms with van der Waals surface area (Å²) in [6.45, 7) is 2.45. The normalized spacial score (nSPS) is 19.5. The van der Waals surface area contributed by atoms with E-state index in [1.807, 2.05) is 6.92 Å². The molecule has 8 heteroatoms. The third kappa shape index (κ3) is 4.14. The van der Waals surface area contributed by atoms with Crippen molar-refractivity contribution in [2.24, 2.45) is 17.4 Å². The molecule has 25 heavy (non-hydrogen) atoms. The maximum absolute atomic E-state index is 12.5. The first-order valence-electron chi connectivity index (χ1n) is 8.15. The molecule has 3 amide bonds. The van der Waals surface area contributed by atoms with E-state index in [2.05, 4.69) is 5.32 Å². The first kappa shape index (κ1) is 18.4. The van der Waals surface area contributed by atoms with E-state index in [1.165, 1.54) is 4.90 Å². The predicted octanol–water partition coefficient (Wildman–Crippen LogP) is 0.0641. The van der Waals surface area contributed by atoms with Gasteiger partial charge in [0.1, 0.15) is 11.8 Å². The Hall–Kier alpha value is -2.90. The number of nitrogens with one attached hydrogen (secondary N) is 2. The van der Waals surface area contributed by atoms with E-state index >= 15 is 0 Å². The maximum Gasteiger partial charge on any atom is 0.267 e. The predicted molar refractivity (Wildman–Crippen MR) is 94.0 cm³/mol. The van der Waals surface area contributed by atoms with Crippen LogP contribution in [-0.2, 0) is 14.4 Å². The van der Waals surface area contributed by atoms with Gasteiger partial charge in [0.25, 0.3) is 5.91 Å². The van der Waals surface area contributed by atoms with E-state index < -0.39 is 17.9 Å². The number of benzene rings is 1. The van der Waals surface area contributed by atoms with E-state index in [0.29, 0.717) is 24.2 Å². The molecule has 1 fully saturated rings. The lowest BCUT2D eigenvalue weighted by molar-refractivity contribution is -0.135. The highest BCUT2D eigenvalue weighted by atomic mass is 16.2. The summed E-state index contributed by atoms with van der Waals surface area (Å²) >= 11 is 0. The molecule has 1 aliphatic rings. The third-order valence-electron chi connectivity index (χ3n) is 4.49. The molecule has 6 N–H and O–H groups in total. The van der Waals surface area contributed by atoms with Crippen molar-refractivity contribution in [3.05, 3.63) is 29.8 Å². The Balaban J connectivity index is 2.09. The second-order valence-electron chi connectivity index (χ2n) is 6.11. The minimum Gasteiger partial charge on any atom is -0.376 e. The molecule has 0 bridgehead atoms. The molecule has 1 aromatic carbocycles. The summed E-state index contributed by atoms with van der Waals surface area (Å²) in [6, 6.07) is 6.05. The molecule has 0 radical (unpaired) electrons. The summed E-state index contributed by atoms with van der Waals surface area (Å²) in [4.78, 5) is 36.9. The topological polar surface area (TPSA) is 142 Å². The van der Waals surface area contributed by atoms with Gasteiger partial charge < -0.3 is 21.7 Å².